The molecule has 2 heterocycles. The van der Waals surface area contributed by atoms with Crippen molar-refractivity contribution < 1.29 is 13.2 Å². The van der Waals surface area contributed by atoms with Crippen molar-refractivity contribution in [3.8, 4) is 0 Å². The highest BCUT2D eigenvalue weighted by Gasteiger charge is 2.37. The molecule has 1 aliphatic heterocycles. The average molecular weight is 361 g/mol. The summed E-state index contributed by atoms with van der Waals surface area (Å²) in [7, 11) is 0. The molecule has 0 amide bonds. The lowest BCUT2D eigenvalue weighted by atomic mass is 9.94. The van der Waals surface area contributed by atoms with E-state index in [0.717, 1.165) is 24.7 Å². The number of nitrogens with one attached hydrogen (secondary N) is 1. The minimum absolute atomic E-state index is 0.102. The quantitative estimate of drug-likeness (QED) is 0.872. The minimum Gasteiger partial charge on any atom is -0.314 e. The van der Waals surface area contributed by atoms with E-state index < -0.39 is 17.8 Å². The van der Waals surface area contributed by atoms with Gasteiger partial charge in [-0.15, -0.1) is 0 Å². The van der Waals surface area contributed by atoms with E-state index in [4.69, 9.17) is 11.6 Å². The van der Waals surface area contributed by atoms with E-state index in [1.165, 1.54) is 23.5 Å². The lowest BCUT2D eigenvalue weighted by Gasteiger charge is -2.36. The Labute approximate surface area is 141 Å². The minimum atomic E-state index is -4.43. The monoisotopic (exact) mass is 360 g/mol. The van der Waals surface area contributed by atoms with Crippen LogP contribution in [0.3, 0.4) is 0 Å². The lowest BCUT2D eigenvalue weighted by molar-refractivity contribution is -0.138. The Bertz CT molecular complexity index is 652. The van der Waals surface area contributed by atoms with E-state index >= 15 is 0 Å². The first-order valence-electron chi connectivity index (χ1n) is 7.30. The summed E-state index contributed by atoms with van der Waals surface area (Å²) in [5.41, 5.74) is 0.506. The van der Waals surface area contributed by atoms with Gasteiger partial charge in [0.25, 0.3) is 0 Å². The number of halogens is 4. The van der Waals surface area contributed by atoms with E-state index in [1.54, 1.807) is 0 Å². The van der Waals surface area contributed by atoms with Gasteiger partial charge in [-0.3, -0.25) is 4.90 Å². The number of alkyl halides is 3. The van der Waals surface area contributed by atoms with Gasteiger partial charge < -0.3 is 5.32 Å². The molecule has 0 bridgehead atoms. The zero-order chi connectivity index (χ0) is 16.4. The third-order valence-corrected chi connectivity index (χ3v) is 4.93. The number of hydrogen-bond donors (Lipinski definition) is 1. The van der Waals surface area contributed by atoms with Gasteiger partial charge in [0, 0.05) is 31.2 Å². The molecule has 0 saturated carbocycles. The van der Waals surface area contributed by atoms with Gasteiger partial charge in [0.1, 0.15) is 0 Å². The first kappa shape index (κ1) is 16.8. The molecule has 7 heteroatoms. The average Bonchev–Trinajstić information content (AvgIpc) is 3.03. The van der Waals surface area contributed by atoms with E-state index in [-0.39, 0.29) is 10.6 Å². The molecule has 0 aliphatic carbocycles. The summed E-state index contributed by atoms with van der Waals surface area (Å²) >= 11 is 7.31. The van der Waals surface area contributed by atoms with Crippen LogP contribution in [0.1, 0.15) is 22.7 Å². The zero-order valence-electron chi connectivity index (χ0n) is 12.2. The maximum atomic E-state index is 13.5. The fourth-order valence-electron chi connectivity index (χ4n) is 2.97. The second kappa shape index (κ2) is 6.81. The van der Waals surface area contributed by atoms with Crippen LogP contribution in [0, 0.1) is 0 Å². The molecule has 2 aromatic rings. The lowest BCUT2D eigenvalue weighted by Crippen LogP contribution is -2.45. The highest BCUT2D eigenvalue weighted by Crippen LogP contribution is 2.40. The van der Waals surface area contributed by atoms with Crippen molar-refractivity contribution in [1.29, 1.82) is 0 Å². The van der Waals surface area contributed by atoms with Crippen LogP contribution in [0.15, 0.2) is 35.0 Å². The molecule has 0 spiro atoms. The van der Waals surface area contributed by atoms with Crippen molar-refractivity contribution in [2.24, 2.45) is 0 Å². The topological polar surface area (TPSA) is 15.3 Å². The number of nitrogens with zero attached hydrogens (tertiary/aromatic N) is 1. The predicted molar refractivity (Wildman–Crippen MR) is 87.1 cm³/mol. The number of rotatable bonds is 3. The van der Waals surface area contributed by atoms with Crippen LogP contribution in [0.25, 0.3) is 0 Å². The van der Waals surface area contributed by atoms with Crippen molar-refractivity contribution >= 4 is 22.9 Å². The van der Waals surface area contributed by atoms with Crippen LogP contribution in [0.4, 0.5) is 13.2 Å². The molecule has 1 fully saturated rings. The van der Waals surface area contributed by atoms with Crippen LogP contribution in [-0.2, 0) is 6.18 Å². The Balaban J connectivity index is 2.10. The van der Waals surface area contributed by atoms with E-state index in [9.17, 15) is 13.2 Å². The molecule has 0 unspecified atom stereocenters. The van der Waals surface area contributed by atoms with Crippen molar-refractivity contribution in [2.45, 2.75) is 12.2 Å². The molecule has 1 atom stereocenters. The molecule has 1 aromatic heterocycles. The first-order valence-corrected chi connectivity index (χ1v) is 8.62. The largest absolute Gasteiger partial charge is 0.416 e. The molecule has 1 saturated heterocycles. The zero-order valence-corrected chi connectivity index (χ0v) is 13.8. The van der Waals surface area contributed by atoms with Crippen LogP contribution < -0.4 is 5.32 Å². The molecular weight excluding hydrogens is 345 g/mol. The first-order chi connectivity index (χ1) is 11.0. The molecule has 23 heavy (non-hydrogen) atoms. The Morgan fingerprint density at radius 2 is 1.91 bits per heavy atom. The summed E-state index contributed by atoms with van der Waals surface area (Å²) < 4.78 is 40.5. The SMILES string of the molecule is FC(F)(F)c1cc(Cl)ccc1[C@H](c1ccsc1)N1CCNCC1. The molecule has 1 aliphatic rings. The van der Waals surface area contributed by atoms with Crippen molar-refractivity contribution in [3.63, 3.8) is 0 Å². The Morgan fingerprint density at radius 1 is 1.17 bits per heavy atom. The van der Waals surface area contributed by atoms with Gasteiger partial charge in [-0.1, -0.05) is 17.7 Å². The van der Waals surface area contributed by atoms with Gasteiger partial charge in [-0.25, -0.2) is 0 Å². The highest BCUT2D eigenvalue weighted by atomic mass is 35.5. The molecule has 3 rings (SSSR count). The summed E-state index contributed by atoms with van der Waals surface area (Å²) in [5.74, 6) is 0. The maximum Gasteiger partial charge on any atom is 0.416 e. The van der Waals surface area contributed by atoms with Gasteiger partial charge in [0.15, 0.2) is 0 Å². The summed E-state index contributed by atoms with van der Waals surface area (Å²) in [6.45, 7) is 2.96. The van der Waals surface area contributed by atoms with Gasteiger partial charge in [-0.2, -0.15) is 24.5 Å². The fraction of sp³-hybridized carbons (Fsp3) is 0.375. The summed E-state index contributed by atoms with van der Waals surface area (Å²) in [6, 6.07) is 5.56. The molecular formula is C16H16ClF3N2S. The van der Waals surface area contributed by atoms with Crippen molar-refractivity contribution in [2.75, 3.05) is 26.2 Å². The maximum absolute atomic E-state index is 13.5. The Morgan fingerprint density at radius 3 is 2.52 bits per heavy atom. The number of piperazine rings is 1. The fourth-order valence-corrected chi connectivity index (χ4v) is 3.82. The van der Waals surface area contributed by atoms with Crippen LogP contribution in [0.5, 0.6) is 0 Å². The third-order valence-electron chi connectivity index (χ3n) is 3.99. The Kier molecular flexibility index (Phi) is 4.96. The normalized spacial score (nSPS) is 18.1. The highest BCUT2D eigenvalue weighted by molar-refractivity contribution is 7.08. The van der Waals surface area contributed by atoms with Crippen LogP contribution >= 0.6 is 22.9 Å². The molecule has 1 aromatic carbocycles. The summed E-state index contributed by atoms with van der Waals surface area (Å²) in [5, 5.41) is 7.15. The van der Waals surface area contributed by atoms with Crippen molar-refractivity contribution in [3.05, 3.63) is 56.7 Å². The number of benzene rings is 1. The number of thiophene rings is 1. The van der Waals surface area contributed by atoms with Gasteiger partial charge in [0.2, 0.25) is 0 Å². The predicted octanol–water partition coefficient (Wildman–Crippen LogP) is 4.41. The molecule has 1 N–H and O–H groups in total. The Hall–Kier alpha value is -1.08. The molecule has 124 valence electrons. The second-order valence-electron chi connectivity index (χ2n) is 5.47. The molecule has 0 radical (unpaired) electrons. The third kappa shape index (κ3) is 3.71. The van der Waals surface area contributed by atoms with E-state index in [1.807, 2.05) is 16.8 Å². The smallest absolute Gasteiger partial charge is 0.314 e. The number of hydrogen-bond acceptors (Lipinski definition) is 3. The van der Waals surface area contributed by atoms with Crippen LogP contribution in [0.2, 0.25) is 5.02 Å². The summed E-state index contributed by atoms with van der Waals surface area (Å²) in [6.07, 6.45) is -4.43. The molecule has 2 nitrogen and oxygen atoms in total. The van der Waals surface area contributed by atoms with Gasteiger partial charge >= 0.3 is 6.18 Å². The standard InChI is InChI=1S/C16H16ClF3N2S/c17-12-1-2-13(14(9-12)16(18,19)20)15(11-3-8-23-10-11)22-6-4-21-5-7-22/h1-3,8-10,15,21H,4-7H2/t15-/m0/s1. The van der Waals surface area contributed by atoms with Gasteiger partial charge in [-0.05, 0) is 40.1 Å². The van der Waals surface area contributed by atoms with Crippen molar-refractivity contribution in [1.82, 2.24) is 10.2 Å². The van der Waals surface area contributed by atoms with E-state index in [2.05, 4.69) is 10.2 Å². The second-order valence-corrected chi connectivity index (χ2v) is 6.69. The van der Waals surface area contributed by atoms with Gasteiger partial charge in [0.05, 0.1) is 11.6 Å². The van der Waals surface area contributed by atoms with E-state index in [0.29, 0.717) is 13.1 Å². The van der Waals surface area contributed by atoms with Crippen LogP contribution in [-0.4, -0.2) is 31.1 Å². The summed E-state index contributed by atoms with van der Waals surface area (Å²) in [4.78, 5) is 2.09.